The SMILES string of the molecule is O=C(CSc1cccc2cccnc12)Nc1nnc(C(F)(F)F)s1. The molecule has 0 aliphatic carbocycles. The predicted molar refractivity (Wildman–Crippen MR) is 86.0 cm³/mol. The van der Waals surface area contributed by atoms with E-state index in [1.807, 2.05) is 30.3 Å². The molecule has 3 aromatic rings. The van der Waals surface area contributed by atoms with Gasteiger partial charge in [-0.05, 0) is 12.1 Å². The van der Waals surface area contributed by atoms with Crippen molar-refractivity contribution in [1.82, 2.24) is 15.2 Å². The van der Waals surface area contributed by atoms with Crippen LogP contribution < -0.4 is 5.32 Å². The quantitative estimate of drug-likeness (QED) is 0.707. The molecule has 0 spiro atoms. The van der Waals surface area contributed by atoms with E-state index in [9.17, 15) is 18.0 Å². The van der Waals surface area contributed by atoms with Crippen LogP contribution in [0.5, 0.6) is 0 Å². The number of hydrogen-bond acceptors (Lipinski definition) is 6. The smallest absolute Gasteiger partial charge is 0.300 e. The topological polar surface area (TPSA) is 67.8 Å². The van der Waals surface area contributed by atoms with E-state index in [2.05, 4.69) is 20.5 Å². The van der Waals surface area contributed by atoms with Crippen LogP contribution in [0.3, 0.4) is 0 Å². The van der Waals surface area contributed by atoms with E-state index in [1.54, 1.807) is 6.20 Å². The number of fused-ring (bicyclic) bond motifs is 1. The van der Waals surface area contributed by atoms with Crippen LogP contribution in [0.4, 0.5) is 18.3 Å². The van der Waals surface area contributed by atoms with Crippen molar-refractivity contribution in [3.8, 4) is 0 Å². The maximum absolute atomic E-state index is 12.4. The highest BCUT2D eigenvalue weighted by Crippen LogP contribution is 2.33. The highest BCUT2D eigenvalue weighted by Gasteiger charge is 2.35. The van der Waals surface area contributed by atoms with Crippen molar-refractivity contribution in [3.63, 3.8) is 0 Å². The molecule has 10 heteroatoms. The number of alkyl halides is 3. The third kappa shape index (κ3) is 3.82. The number of amides is 1. The number of hydrogen-bond donors (Lipinski definition) is 1. The van der Waals surface area contributed by atoms with Gasteiger partial charge in [-0.3, -0.25) is 15.1 Å². The fraction of sp³-hybridized carbons (Fsp3) is 0.143. The van der Waals surface area contributed by atoms with Crippen LogP contribution in [0.15, 0.2) is 41.4 Å². The molecule has 5 nitrogen and oxygen atoms in total. The van der Waals surface area contributed by atoms with Crippen LogP contribution in [0, 0.1) is 0 Å². The molecule has 1 aromatic carbocycles. The molecule has 24 heavy (non-hydrogen) atoms. The van der Waals surface area contributed by atoms with Crippen LogP contribution in [-0.4, -0.2) is 26.8 Å². The van der Waals surface area contributed by atoms with Crippen molar-refractivity contribution in [2.24, 2.45) is 0 Å². The Morgan fingerprint density at radius 2 is 2.00 bits per heavy atom. The monoisotopic (exact) mass is 370 g/mol. The number of aromatic nitrogens is 3. The maximum atomic E-state index is 12.4. The van der Waals surface area contributed by atoms with E-state index in [1.165, 1.54) is 11.8 Å². The number of carbonyl (C=O) groups is 1. The number of thioether (sulfide) groups is 1. The Hall–Kier alpha value is -2.20. The van der Waals surface area contributed by atoms with Crippen molar-refractivity contribution in [3.05, 3.63) is 41.5 Å². The van der Waals surface area contributed by atoms with Gasteiger partial charge in [0.25, 0.3) is 0 Å². The van der Waals surface area contributed by atoms with E-state index in [0.29, 0.717) is 11.3 Å². The second-order valence-electron chi connectivity index (χ2n) is 4.58. The normalized spacial score (nSPS) is 11.6. The molecular weight excluding hydrogens is 361 g/mol. The number of benzene rings is 1. The number of nitrogens with one attached hydrogen (secondary N) is 1. The van der Waals surface area contributed by atoms with Gasteiger partial charge in [0.1, 0.15) is 0 Å². The summed E-state index contributed by atoms with van der Waals surface area (Å²) in [7, 11) is 0. The van der Waals surface area contributed by atoms with E-state index in [4.69, 9.17) is 0 Å². The molecule has 0 atom stereocenters. The van der Waals surface area contributed by atoms with Crippen LogP contribution in [0.1, 0.15) is 5.01 Å². The summed E-state index contributed by atoms with van der Waals surface area (Å²) in [6.45, 7) is 0. The van der Waals surface area contributed by atoms with E-state index in [-0.39, 0.29) is 10.9 Å². The van der Waals surface area contributed by atoms with Gasteiger partial charge in [0.05, 0.1) is 11.3 Å². The molecule has 2 heterocycles. The molecule has 0 fully saturated rings. The molecule has 0 radical (unpaired) electrons. The number of halogens is 3. The van der Waals surface area contributed by atoms with Crippen molar-refractivity contribution in [2.45, 2.75) is 11.1 Å². The zero-order valence-electron chi connectivity index (χ0n) is 11.9. The highest BCUT2D eigenvalue weighted by molar-refractivity contribution is 8.00. The summed E-state index contributed by atoms with van der Waals surface area (Å²) in [5.74, 6) is -0.436. The summed E-state index contributed by atoms with van der Waals surface area (Å²) in [5.41, 5.74) is 0.771. The van der Waals surface area contributed by atoms with Crippen LogP contribution in [-0.2, 0) is 11.0 Å². The summed E-state index contributed by atoms with van der Waals surface area (Å²) in [6.07, 6.45) is -2.91. The Labute approximate surface area is 142 Å². The van der Waals surface area contributed by atoms with Crippen molar-refractivity contribution in [2.75, 3.05) is 11.1 Å². The summed E-state index contributed by atoms with van der Waals surface area (Å²) >= 11 is 1.54. The Morgan fingerprint density at radius 3 is 2.75 bits per heavy atom. The van der Waals surface area contributed by atoms with E-state index < -0.39 is 17.1 Å². The van der Waals surface area contributed by atoms with Crippen LogP contribution in [0.25, 0.3) is 10.9 Å². The third-order valence-corrected chi connectivity index (χ3v) is 4.80. The van der Waals surface area contributed by atoms with Crippen LogP contribution >= 0.6 is 23.1 Å². The Bertz CT molecular complexity index is 876. The second kappa shape index (κ2) is 6.73. The standard InChI is InChI=1S/C14H9F3N4OS2/c15-14(16,17)12-20-21-13(24-12)19-10(22)7-23-9-5-1-3-8-4-2-6-18-11(8)9/h1-6H,7H2,(H,19,21,22). The average molecular weight is 370 g/mol. The van der Waals surface area contributed by atoms with Gasteiger partial charge in [0, 0.05) is 16.5 Å². The largest absolute Gasteiger partial charge is 0.445 e. The molecule has 1 amide bonds. The fourth-order valence-electron chi connectivity index (χ4n) is 1.88. The van der Waals surface area contributed by atoms with Gasteiger partial charge in [0.15, 0.2) is 0 Å². The summed E-state index contributed by atoms with van der Waals surface area (Å²) in [4.78, 5) is 17.0. The fourth-order valence-corrected chi connectivity index (χ4v) is 3.35. The van der Waals surface area contributed by atoms with Gasteiger partial charge < -0.3 is 0 Å². The minimum absolute atomic E-state index is 0.0244. The van der Waals surface area contributed by atoms with Gasteiger partial charge in [-0.1, -0.05) is 29.5 Å². The van der Waals surface area contributed by atoms with E-state index >= 15 is 0 Å². The minimum atomic E-state index is -4.57. The number of nitrogens with zero attached hydrogens (tertiary/aromatic N) is 3. The number of para-hydroxylation sites is 1. The molecule has 124 valence electrons. The van der Waals surface area contributed by atoms with Crippen LogP contribution in [0.2, 0.25) is 0 Å². The minimum Gasteiger partial charge on any atom is -0.300 e. The maximum Gasteiger partial charge on any atom is 0.445 e. The molecule has 2 aromatic heterocycles. The van der Waals surface area contributed by atoms with Gasteiger partial charge in [-0.15, -0.1) is 22.0 Å². The zero-order valence-corrected chi connectivity index (χ0v) is 13.5. The molecule has 0 aliphatic rings. The highest BCUT2D eigenvalue weighted by atomic mass is 32.2. The first-order valence-electron chi connectivity index (χ1n) is 6.60. The molecule has 0 saturated carbocycles. The van der Waals surface area contributed by atoms with Gasteiger partial charge in [-0.25, -0.2) is 0 Å². The van der Waals surface area contributed by atoms with Crippen molar-refractivity contribution >= 4 is 45.0 Å². The Morgan fingerprint density at radius 1 is 1.21 bits per heavy atom. The molecule has 0 aliphatic heterocycles. The first kappa shape index (κ1) is 16.7. The summed E-state index contributed by atoms with van der Waals surface area (Å²) in [5, 5.41) is 8.33. The Kier molecular flexibility index (Phi) is 4.67. The molecule has 3 rings (SSSR count). The second-order valence-corrected chi connectivity index (χ2v) is 6.57. The summed E-state index contributed by atoms with van der Waals surface area (Å²) < 4.78 is 37.3. The van der Waals surface area contributed by atoms with Crippen molar-refractivity contribution < 1.29 is 18.0 Å². The lowest BCUT2D eigenvalue weighted by Crippen LogP contribution is -2.13. The third-order valence-electron chi connectivity index (χ3n) is 2.87. The number of pyridine rings is 1. The molecule has 0 unspecified atom stereocenters. The van der Waals surface area contributed by atoms with Gasteiger partial charge in [0.2, 0.25) is 16.0 Å². The van der Waals surface area contributed by atoms with Crippen molar-refractivity contribution in [1.29, 1.82) is 0 Å². The Balaban J connectivity index is 1.64. The molecular formula is C14H9F3N4OS2. The molecule has 0 bridgehead atoms. The van der Waals surface area contributed by atoms with E-state index in [0.717, 1.165) is 15.8 Å². The van der Waals surface area contributed by atoms with Gasteiger partial charge in [-0.2, -0.15) is 13.2 Å². The average Bonchev–Trinajstić information content (AvgIpc) is 3.01. The number of carbonyl (C=O) groups excluding carboxylic acids is 1. The predicted octanol–water partition coefficient (Wildman–Crippen LogP) is 3.84. The lowest BCUT2D eigenvalue weighted by Gasteiger charge is -2.05. The summed E-state index contributed by atoms with van der Waals surface area (Å²) in [6, 6.07) is 9.32. The zero-order chi connectivity index (χ0) is 17.2. The molecule has 1 N–H and O–H groups in total. The number of anilines is 1. The van der Waals surface area contributed by atoms with Gasteiger partial charge >= 0.3 is 6.18 Å². The first-order valence-corrected chi connectivity index (χ1v) is 8.41. The lowest BCUT2D eigenvalue weighted by molar-refractivity contribution is -0.138. The number of rotatable bonds is 4. The lowest BCUT2D eigenvalue weighted by atomic mass is 10.2. The molecule has 0 saturated heterocycles. The first-order chi connectivity index (χ1) is 11.4.